The first-order chi connectivity index (χ1) is 12.0. The Hall–Kier alpha value is -2.44. The van der Waals surface area contributed by atoms with E-state index < -0.39 is 11.5 Å². The van der Waals surface area contributed by atoms with Crippen molar-refractivity contribution in [3.8, 4) is 0 Å². The van der Waals surface area contributed by atoms with Gasteiger partial charge < -0.3 is 20.1 Å². The van der Waals surface area contributed by atoms with Gasteiger partial charge in [0.1, 0.15) is 5.69 Å². The number of nitrogens with one attached hydrogen (secondary N) is 1. The Kier molecular flexibility index (Phi) is 5.01. The molecule has 1 aliphatic rings. The Balaban J connectivity index is 1.84. The molecule has 0 unspecified atom stereocenters. The van der Waals surface area contributed by atoms with Crippen molar-refractivity contribution in [1.82, 2.24) is 9.88 Å². The molecule has 1 amide bonds. The molecule has 1 aromatic heterocycles. The Morgan fingerprint density at radius 3 is 2.64 bits per heavy atom. The van der Waals surface area contributed by atoms with Crippen LogP contribution in [0.5, 0.6) is 0 Å². The monoisotopic (exact) mass is 342 g/mol. The maximum absolute atomic E-state index is 12.7. The molecule has 1 aliphatic heterocycles. The van der Waals surface area contributed by atoms with Crippen molar-refractivity contribution >= 4 is 5.91 Å². The van der Waals surface area contributed by atoms with E-state index >= 15 is 0 Å². The highest BCUT2D eigenvalue weighted by atomic mass is 16.3. The summed E-state index contributed by atoms with van der Waals surface area (Å²) in [7, 11) is 0. The summed E-state index contributed by atoms with van der Waals surface area (Å²) in [5.74, 6) is -0.296. The first kappa shape index (κ1) is 17.4. The van der Waals surface area contributed by atoms with E-state index in [0.29, 0.717) is 19.4 Å². The number of amides is 1. The number of rotatable bonds is 4. The van der Waals surface area contributed by atoms with Gasteiger partial charge in [0.05, 0.1) is 12.7 Å². The zero-order chi connectivity index (χ0) is 17.9. The molecule has 6 heteroatoms. The van der Waals surface area contributed by atoms with Crippen LogP contribution in [0.4, 0.5) is 0 Å². The second kappa shape index (κ2) is 7.21. The molecule has 0 saturated carbocycles. The number of carbonyl (C=O) groups excluding carboxylic acids is 1. The van der Waals surface area contributed by atoms with Gasteiger partial charge in [-0.05, 0) is 24.5 Å². The van der Waals surface area contributed by atoms with Gasteiger partial charge in [0.15, 0.2) is 0 Å². The van der Waals surface area contributed by atoms with E-state index in [1.807, 2.05) is 30.3 Å². The predicted octanol–water partition coefficient (Wildman–Crippen LogP) is 0.803. The Bertz CT molecular complexity index is 789. The lowest BCUT2D eigenvalue weighted by molar-refractivity contribution is -0.0669. The summed E-state index contributed by atoms with van der Waals surface area (Å²) in [5, 5.41) is 20.6. The minimum Gasteiger partial charge on any atom is -0.396 e. The van der Waals surface area contributed by atoms with Gasteiger partial charge >= 0.3 is 0 Å². The van der Waals surface area contributed by atoms with Crippen LogP contribution < -0.4 is 5.56 Å². The molecule has 3 N–H and O–H groups in total. The van der Waals surface area contributed by atoms with Crippen molar-refractivity contribution in [3.05, 3.63) is 70.1 Å². The van der Waals surface area contributed by atoms with Gasteiger partial charge in [0, 0.05) is 24.6 Å². The molecule has 2 aromatic rings. The van der Waals surface area contributed by atoms with E-state index in [1.165, 1.54) is 12.1 Å². The first-order valence-electron chi connectivity index (χ1n) is 8.35. The number of H-pyrrole nitrogens is 1. The van der Waals surface area contributed by atoms with E-state index in [9.17, 15) is 19.8 Å². The highest BCUT2D eigenvalue weighted by Crippen LogP contribution is 2.34. The predicted molar refractivity (Wildman–Crippen MR) is 93.3 cm³/mol. The second-order valence-electron chi connectivity index (χ2n) is 6.64. The van der Waals surface area contributed by atoms with Crippen LogP contribution in [0.3, 0.4) is 0 Å². The molecule has 2 atom stereocenters. The summed E-state index contributed by atoms with van der Waals surface area (Å²) in [6, 6.07) is 14.1. The third-order valence-corrected chi connectivity index (χ3v) is 4.88. The van der Waals surface area contributed by atoms with Crippen LogP contribution >= 0.6 is 0 Å². The molecule has 1 aromatic carbocycles. The molecular weight excluding hydrogens is 320 g/mol. The van der Waals surface area contributed by atoms with Crippen LogP contribution in [0.15, 0.2) is 53.3 Å². The SMILES string of the molecule is O=C(c1cccc(=O)[nH]1)N1CC[C@@H](O)[C@@](CO)(Cc2ccccc2)C1. The zero-order valence-corrected chi connectivity index (χ0v) is 13.9. The van der Waals surface area contributed by atoms with Crippen LogP contribution in [0.1, 0.15) is 22.5 Å². The molecule has 0 radical (unpaired) electrons. The number of piperidine rings is 1. The standard InChI is InChI=1S/C19H22N2O4/c22-13-19(11-14-5-2-1-3-6-14)12-21(10-9-16(19)23)18(25)15-7-4-8-17(24)20-15/h1-8,16,22-23H,9-13H2,(H,20,24)/t16-,19+/m1/s1. The van der Waals surface area contributed by atoms with Crippen LogP contribution in [0, 0.1) is 5.41 Å². The summed E-state index contributed by atoms with van der Waals surface area (Å²) >= 11 is 0. The fraction of sp³-hybridized carbons (Fsp3) is 0.368. The van der Waals surface area contributed by atoms with Crippen LogP contribution in [-0.2, 0) is 6.42 Å². The largest absolute Gasteiger partial charge is 0.396 e. The zero-order valence-electron chi connectivity index (χ0n) is 13.9. The minimum absolute atomic E-state index is 0.218. The third kappa shape index (κ3) is 3.65. The average molecular weight is 342 g/mol. The molecule has 1 saturated heterocycles. The first-order valence-corrected chi connectivity index (χ1v) is 8.35. The number of nitrogens with zero attached hydrogens (tertiary/aromatic N) is 1. The van der Waals surface area contributed by atoms with E-state index in [2.05, 4.69) is 4.98 Å². The number of hydrogen-bond donors (Lipinski definition) is 3. The maximum atomic E-state index is 12.7. The highest BCUT2D eigenvalue weighted by molar-refractivity contribution is 5.92. The number of aliphatic hydroxyl groups excluding tert-OH is 2. The lowest BCUT2D eigenvalue weighted by atomic mass is 9.73. The van der Waals surface area contributed by atoms with Gasteiger partial charge in [-0.1, -0.05) is 36.4 Å². The normalized spacial score (nSPS) is 23.4. The number of pyridine rings is 1. The molecule has 1 fully saturated rings. The van der Waals surface area contributed by atoms with E-state index in [4.69, 9.17) is 0 Å². The van der Waals surface area contributed by atoms with Crippen LogP contribution in [0.2, 0.25) is 0 Å². The summed E-state index contributed by atoms with van der Waals surface area (Å²) in [4.78, 5) is 28.3. The van der Waals surface area contributed by atoms with Crippen molar-refractivity contribution < 1.29 is 15.0 Å². The lowest BCUT2D eigenvalue weighted by Crippen LogP contribution is -2.56. The van der Waals surface area contributed by atoms with Gasteiger partial charge in [0.25, 0.3) is 5.91 Å². The molecule has 132 valence electrons. The topological polar surface area (TPSA) is 93.6 Å². The number of benzene rings is 1. The number of aromatic amines is 1. The summed E-state index contributed by atoms with van der Waals surface area (Å²) in [6.07, 6.45) is 0.160. The Morgan fingerprint density at radius 1 is 1.20 bits per heavy atom. The molecule has 2 heterocycles. The molecule has 25 heavy (non-hydrogen) atoms. The fourth-order valence-electron chi connectivity index (χ4n) is 3.45. The summed E-state index contributed by atoms with van der Waals surface area (Å²) in [6.45, 7) is 0.390. The number of likely N-dealkylation sites (tertiary alicyclic amines) is 1. The number of carbonyl (C=O) groups is 1. The van der Waals surface area contributed by atoms with Gasteiger partial charge in [-0.15, -0.1) is 0 Å². The van der Waals surface area contributed by atoms with E-state index in [1.54, 1.807) is 11.0 Å². The molecular formula is C19H22N2O4. The van der Waals surface area contributed by atoms with Crippen LogP contribution in [0.25, 0.3) is 0 Å². The summed E-state index contributed by atoms with van der Waals surface area (Å²) < 4.78 is 0. The van der Waals surface area contributed by atoms with Crippen molar-refractivity contribution in [2.75, 3.05) is 19.7 Å². The van der Waals surface area contributed by atoms with Crippen molar-refractivity contribution in [3.63, 3.8) is 0 Å². The van der Waals surface area contributed by atoms with E-state index in [0.717, 1.165) is 5.56 Å². The molecule has 0 bridgehead atoms. The van der Waals surface area contributed by atoms with Gasteiger partial charge in [-0.2, -0.15) is 0 Å². The maximum Gasteiger partial charge on any atom is 0.270 e. The van der Waals surface area contributed by atoms with Crippen LogP contribution in [-0.4, -0.2) is 51.8 Å². The number of aromatic nitrogens is 1. The van der Waals surface area contributed by atoms with E-state index in [-0.39, 0.29) is 30.3 Å². The number of hydrogen-bond acceptors (Lipinski definition) is 4. The lowest BCUT2D eigenvalue weighted by Gasteiger charge is -2.45. The fourth-order valence-corrected chi connectivity index (χ4v) is 3.45. The Morgan fingerprint density at radius 2 is 1.96 bits per heavy atom. The summed E-state index contributed by atoms with van der Waals surface area (Å²) in [5.41, 5.74) is 0.0682. The third-order valence-electron chi connectivity index (χ3n) is 4.88. The molecule has 0 aliphatic carbocycles. The quantitative estimate of drug-likeness (QED) is 0.766. The minimum atomic E-state index is -0.815. The average Bonchev–Trinajstić information content (AvgIpc) is 2.64. The van der Waals surface area contributed by atoms with Crippen molar-refractivity contribution in [2.24, 2.45) is 5.41 Å². The number of aliphatic hydroxyl groups is 2. The van der Waals surface area contributed by atoms with Gasteiger partial charge in [-0.25, -0.2) is 0 Å². The second-order valence-corrected chi connectivity index (χ2v) is 6.64. The van der Waals surface area contributed by atoms with Gasteiger partial charge in [-0.3, -0.25) is 9.59 Å². The van der Waals surface area contributed by atoms with Crippen molar-refractivity contribution in [2.45, 2.75) is 18.9 Å². The molecule has 3 rings (SSSR count). The Labute approximate surface area is 145 Å². The highest BCUT2D eigenvalue weighted by Gasteiger charge is 2.44. The molecule has 0 spiro atoms. The van der Waals surface area contributed by atoms with Gasteiger partial charge in [0.2, 0.25) is 5.56 Å². The molecule has 6 nitrogen and oxygen atoms in total. The smallest absolute Gasteiger partial charge is 0.270 e. The van der Waals surface area contributed by atoms with Crippen molar-refractivity contribution in [1.29, 1.82) is 0 Å².